The van der Waals surface area contributed by atoms with Gasteiger partial charge in [0.05, 0.1) is 0 Å². The minimum Gasteiger partial charge on any atom is -0.356 e. The lowest BCUT2D eigenvalue weighted by molar-refractivity contribution is 0.177. The average molecular weight is 426 g/mol. The summed E-state index contributed by atoms with van der Waals surface area (Å²) in [5, 5.41) is 3.72. The number of guanidine groups is 1. The molecule has 1 unspecified atom stereocenters. The smallest absolute Gasteiger partial charge is 0.193 e. The van der Waals surface area contributed by atoms with Crippen LogP contribution in [0, 0.1) is 18.8 Å². The van der Waals surface area contributed by atoms with Crippen molar-refractivity contribution in [3.8, 4) is 0 Å². The van der Waals surface area contributed by atoms with Crippen LogP contribution in [-0.4, -0.2) is 80.1 Å². The number of hydrogen-bond donors (Lipinski definition) is 1. The monoisotopic (exact) mass is 425 g/mol. The largest absolute Gasteiger partial charge is 0.356 e. The van der Waals surface area contributed by atoms with Crippen molar-refractivity contribution in [1.29, 1.82) is 0 Å². The first kappa shape index (κ1) is 22.6. The molecule has 3 heterocycles. The fraction of sp³-hybridized carbons (Fsp3) is 0.731. The number of nitrogens with one attached hydrogen (secondary N) is 1. The second-order valence-electron chi connectivity index (χ2n) is 10.1. The van der Waals surface area contributed by atoms with Crippen LogP contribution in [0.15, 0.2) is 29.3 Å². The van der Waals surface area contributed by atoms with E-state index >= 15 is 0 Å². The number of hydrogen-bond acceptors (Lipinski definition) is 3. The molecule has 3 saturated heterocycles. The maximum Gasteiger partial charge on any atom is 0.193 e. The molecule has 1 aromatic rings. The van der Waals surface area contributed by atoms with Crippen LogP contribution in [0.4, 0.5) is 0 Å². The summed E-state index contributed by atoms with van der Waals surface area (Å²) in [7, 11) is 1.95. The first-order valence-corrected chi connectivity index (χ1v) is 12.7. The summed E-state index contributed by atoms with van der Waals surface area (Å²) in [4.78, 5) is 12.4. The third kappa shape index (κ3) is 6.69. The number of aryl methyl sites for hydroxylation is 1. The molecule has 3 aliphatic heterocycles. The maximum absolute atomic E-state index is 4.62. The number of rotatable bonds is 6. The minimum atomic E-state index is 0.762. The van der Waals surface area contributed by atoms with Gasteiger partial charge in [0.15, 0.2) is 5.96 Å². The Kier molecular flexibility index (Phi) is 8.26. The Bertz CT molecular complexity index is 686. The first-order valence-electron chi connectivity index (χ1n) is 12.7. The molecular weight excluding hydrogens is 382 g/mol. The van der Waals surface area contributed by atoms with Gasteiger partial charge in [-0.25, -0.2) is 0 Å². The van der Waals surface area contributed by atoms with Gasteiger partial charge < -0.3 is 15.1 Å². The third-order valence-electron chi connectivity index (χ3n) is 7.55. The Labute approximate surface area is 189 Å². The average Bonchev–Trinajstić information content (AvgIpc) is 3.26. The second kappa shape index (κ2) is 11.3. The standard InChI is InChI=1S/C26H43N5/c1-22-6-8-24(9-7-22)19-30-15-10-23(11-16-30)18-28-26(27-2)31-17-12-25(21-31)20-29-13-4-3-5-14-29/h6-9,23,25H,3-5,10-21H2,1-2H3,(H,27,28). The molecule has 0 spiro atoms. The van der Waals surface area contributed by atoms with Crippen LogP contribution in [-0.2, 0) is 6.54 Å². The van der Waals surface area contributed by atoms with Gasteiger partial charge in [0.2, 0.25) is 0 Å². The van der Waals surface area contributed by atoms with Gasteiger partial charge >= 0.3 is 0 Å². The highest BCUT2D eigenvalue weighted by atomic mass is 15.3. The number of piperidine rings is 2. The van der Waals surface area contributed by atoms with Gasteiger partial charge in [-0.15, -0.1) is 0 Å². The zero-order valence-electron chi connectivity index (χ0n) is 19.9. The molecule has 3 fully saturated rings. The molecule has 0 aromatic heterocycles. The van der Waals surface area contributed by atoms with Crippen LogP contribution in [0.1, 0.15) is 49.7 Å². The molecule has 0 radical (unpaired) electrons. The summed E-state index contributed by atoms with van der Waals surface area (Å²) >= 11 is 0. The summed E-state index contributed by atoms with van der Waals surface area (Å²) in [6.07, 6.45) is 8.09. The summed E-state index contributed by atoms with van der Waals surface area (Å²) in [5.41, 5.74) is 2.79. The molecule has 3 aliphatic rings. The molecule has 0 amide bonds. The molecule has 172 valence electrons. The van der Waals surface area contributed by atoms with Crippen LogP contribution in [0.5, 0.6) is 0 Å². The fourth-order valence-electron chi connectivity index (χ4n) is 5.55. The van der Waals surface area contributed by atoms with E-state index in [0.29, 0.717) is 0 Å². The fourth-order valence-corrected chi connectivity index (χ4v) is 5.55. The van der Waals surface area contributed by atoms with Gasteiger partial charge in [-0.05, 0) is 82.6 Å². The zero-order chi connectivity index (χ0) is 21.5. The van der Waals surface area contributed by atoms with E-state index in [-0.39, 0.29) is 0 Å². The Morgan fingerprint density at radius 2 is 1.61 bits per heavy atom. The van der Waals surface area contributed by atoms with E-state index in [1.807, 2.05) is 7.05 Å². The lowest BCUT2D eigenvalue weighted by Gasteiger charge is -2.33. The highest BCUT2D eigenvalue weighted by Crippen LogP contribution is 2.21. The molecule has 5 nitrogen and oxygen atoms in total. The highest BCUT2D eigenvalue weighted by Gasteiger charge is 2.27. The van der Waals surface area contributed by atoms with Gasteiger partial charge in [0.25, 0.3) is 0 Å². The number of nitrogens with zero attached hydrogens (tertiary/aromatic N) is 4. The van der Waals surface area contributed by atoms with Crippen molar-refractivity contribution in [2.75, 3.05) is 59.4 Å². The van der Waals surface area contributed by atoms with Gasteiger partial charge in [-0.2, -0.15) is 0 Å². The molecular formula is C26H43N5. The molecule has 1 N–H and O–H groups in total. The van der Waals surface area contributed by atoms with Crippen molar-refractivity contribution in [2.45, 2.75) is 52.0 Å². The molecule has 4 rings (SSSR count). The maximum atomic E-state index is 4.62. The topological polar surface area (TPSA) is 34.1 Å². The van der Waals surface area contributed by atoms with Crippen LogP contribution in [0.25, 0.3) is 0 Å². The summed E-state index contributed by atoms with van der Waals surface area (Å²) in [6, 6.07) is 9.02. The quantitative estimate of drug-likeness (QED) is 0.558. The van der Waals surface area contributed by atoms with Crippen molar-refractivity contribution in [1.82, 2.24) is 20.0 Å². The van der Waals surface area contributed by atoms with E-state index in [2.05, 4.69) is 56.2 Å². The Morgan fingerprint density at radius 1 is 0.903 bits per heavy atom. The number of likely N-dealkylation sites (tertiary alicyclic amines) is 3. The second-order valence-corrected chi connectivity index (χ2v) is 10.1. The van der Waals surface area contributed by atoms with Gasteiger partial charge in [-0.3, -0.25) is 9.89 Å². The first-order chi connectivity index (χ1) is 15.2. The van der Waals surface area contributed by atoms with Gasteiger partial charge in [0.1, 0.15) is 0 Å². The highest BCUT2D eigenvalue weighted by molar-refractivity contribution is 5.80. The zero-order valence-corrected chi connectivity index (χ0v) is 19.9. The summed E-state index contributed by atoms with van der Waals surface area (Å²) < 4.78 is 0. The molecule has 0 saturated carbocycles. The Balaban J connectivity index is 1.15. The van der Waals surface area contributed by atoms with Crippen LogP contribution in [0.2, 0.25) is 0 Å². The van der Waals surface area contributed by atoms with E-state index in [4.69, 9.17) is 0 Å². The van der Waals surface area contributed by atoms with E-state index in [1.54, 1.807) is 0 Å². The lowest BCUT2D eigenvalue weighted by atomic mass is 9.96. The van der Waals surface area contributed by atoms with Crippen molar-refractivity contribution in [2.24, 2.45) is 16.8 Å². The van der Waals surface area contributed by atoms with E-state index in [0.717, 1.165) is 37.4 Å². The van der Waals surface area contributed by atoms with Crippen LogP contribution in [0.3, 0.4) is 0 Å². The Hall–Kier alpha value is -1.59. The minimum absolute atomic E-state index is 0.762. The molecule has 0 bridgehead atoms. The SMILES string of the molecule is CN=C(NCC1CCN(Cc2ccc(C)cc2)CC1)N1CCC(CN2CCCCC2)C1. The third-order valence-corrected chi connectivity index (χ3v) is 7.55. The molecule has 31 heavy (non-hydrogen) atoms. The van der Waals surface area contributed by atoms with Crippen LogP contribution < -0.4 is 5.32 Å². The summed E-state index contributed by atoms with van der Waals surface area (Å²) in [5.74, 6) is 2.70. The molecule has 0 aliphatic carbocycles. The van der Waals surface area contributed by atoms with Crippen molar-refractivity contribution in [3.63, 3.8) is 0 Å². The molecule has 1 atom stereocenters. The van der Waals surface area contributed by atoms with Crippen LogP contribution >= 0.6 is 0 Å². The van der Waals surface area contributed by atoms with E-state index < -0.39 is 0 Å². The van der Waals surface area contributed by atoms with E-state index in [9.17, 15) is 0 Å². The molecule has 1 aromatic carbocycles. The number of aliphatic imine (C=N–C) groups is 1. The summed E-state index contributed by atoms with van der Waals surface area (Å²) in [6.45, 7) is 13.0. The number of benzene rings is 1. The van der Waals surface area contributed by atoms with Crippen molar-refractivity contribution >= 4 is 5.96 Å². The van der Waals surface area contributed by atoms with E-state index in [1.165, 1.54) is 88.9 Å². The normalized spacial score (nSPS) is 24.6. The lowest BCUT2D eigenvalue weighted by Crippen LogP contribution is -2.44. The van der Waals surface area contributed by atoms with Crippen molar-refractivity contribution in [3.05, 3.63) is 35.4 Å². The predicted octanol–water partition coefficient (Wildman–Crippen LogP) is 3.59. The molecule has 5 heteroatoms. The van der Waals surface area contributed by atoms with Gasteiger partial charge in [0, 0.05) is 39.8 Å². The Morgan fingerprint density at radius 3 is 2.32 bits per heavy atom. The predicted molar refractivity (Wildman–Crippen MR) is 131 cm³/mol. The van der Waals surface area contributed by atoms with Crippen molar-refractivity contribution < 1.29 is 0 Å². The van der Waals surface area contributed by atoms with Gasteiger partial charge in [-0.1, -0.05) is 36.2 Å².